The highest BCUT2D eigenvalue weighted by molar-refractivity contribution is 5.84. The number of aromatic amines is 1. The predicted molar refractivity (Wildman–Crippen MR) is 148 cm³/mol. The van der Waals surface area contributed by atoms with Gasteiger partial charge in [-0.3, -0.25) is 14.4 Å². The standard InChI is InChI=1S/C9H14O2.C7H14O2.C6H12N4.C6H12O2/c1-4-9(2,3)7-5-8(10)11-6-7;1-4-7(2,3)6(9)5-8;1-4-6(2,3)5-7-9-10-8-5;1-4-6(2,3)5(7)8/h6H,4-5H2,1-3H3;8H,4-5H2,1-3H3;4H2,1-3H3,(H,7,8,9,10);4H2,1-3H3,(H,7,8). The minimum atomic E-state index is -0.722. The van der Waals surface area contributed by atoms with E-state index in [1.807, 2.05) is 27.7 Å². The highest BCUT2D eigenvalue weighted by Crippen LogP contribution is 2.34. The lowest BCUT2D eigenvalue weighted by Crippen LogP contribution is -2.25. The van der Waals surface area contributed by atoms with Gasteiger partial charge in [-0.15, -0.1) is 10.2 Å². The molecular weight excluding hydrogens is 488 g/mol. The lowest BCUT2D eigenvalue weighted by molar-refractivity contribution is -0.147. The van der Waals surface area contributed by atoms with Crippen molar-refractivity contribution in [2.24, 2.45) is 16.2 Å². The second-order valence-corrected chi connectivity index (χ2v) is 11.9. The smallest absolute Gasteiger partial charge is 0.314 e. The van der Waals surface area contributed by atoms with Gasteiger partial charge in [0.1, 0.15) is 6.61 Å². The molecule has 2 rings (SSSR count). The zero-order valence-electron chi connectivity index (χ0n) is 25.7. The Morgan fingerprint density at radius 1 is 0.895 bits per heavy atom. The number of cyclic esters (lactones) is 1. The van der Waals surface area contributed by atoms with Crippen LogP contribution in [0.15, 0.2) is 11.8 Å². The van der Waals surface area contributed by atoms with Gasteiger partial charge in [0, 0.05) is 10.8 Å². The van der Waals surface area contributed by atoms with Crippen molar-refractivity contribution in [3.63, 3.8) is 0 Å². The minimum Gasteiger partial charge on any atom is -0.481 e. The van der Waals surface area contributed by atoms with Gasteiger partial charge in [-0.2, -0.15) is 5.21 Å². The average molecular weight is 541 g/mol. The number of nitrogens with one attached hydrogen (secondary N) is 1. The molecule has 1 aromatic heterocycles. The number of aliphatic carboxylic acids is 1. The molecule has 2 heterocycles. The summed E-state index contributed by atoms with van der Waals surface area (Å²) >= 11 is 0. The monoisotopic (exact) mass is 540 g/mol. The normalized spacial score (nSPS) is 13.5. The van der Waals surface area contributed by atoms with Gasteiger partial charge in [0.15, 0.2) is 11.6 Å². The summed E-state index contributed by atoms with van der Waals surface area (Å²) < 4.78 is 4.75. The number of aliphatic hydroxyl groups is 1. The number of esters is 1. The first-order valence-corrected chi connectivity index (χ1v) is 13.3. The SMILES string of the molecule is CCC(C)(C)C(=O)CO.CCC(C)(C)C(=O)O.CCC(C)(C)C1=COC(=O)C1.CCC(C)(C)c1nn[nH]n1. The Balaban J connectivity index is 0. The largest absolute Gasteiger partial charge is 0.481 e. The van der Waals surface area contributed by atoms with E-state index in [0.717, 1.165) is 30.7 Å². The van der Waals surface area contributed by atoms with Crippen LogP contribution >= 0.6 is 0 Å². The average Bonchev–Trinajstić information content (AvgIpc) is 3.57. The number of hydrogen-bond donors (Lipinski definition) is 3. The molecule has 1 aliphatic heterocycles. The highest BCUT2D eigenvalue weighted by Gasteiger charge is 2.28. The molecule has 0 aromatic carbocycles. The van der Waals surface area contributed by atoms with Crippen LogP contribution in [0.4, 0.5) is 0 Å². The Labute approximate surface area is 229 Å². The molecular formula is C28H52N4O6. The van der Waals surface area contributed by atoms with E-state index in [0.29, 0.717) is 12.8 Å². The van der Waals surface area contributed by atoms with Crippen molar-refractivity contribution >= 4 is 17.7 Å². The number of Topliss-reactive ketones (excluding diaryl/α,β-unsaturated/α-hetero) is 1. The Bertz CT molecular complexity index is 887. The van der Waals surface area contributed by atoms with Crippen molar-refractivity contribution in [2.45, 2.75) is 121 Å². The molecule has 10 nitrogen and oxygen atoms in total. The molecule has 10 heteroatoms. The van der Waals surface area contributed by atoms with Crippen molar-refractivity contribution in [2.75, 3.05) is 6.61 Å². The van der Waals surface area contributed by atoms with E-state index >= 15 is 0 Å². The number of aromatic nitrogens is 4. The third-order valence-corrected chi connectivity index (χ3v) is 7.50. The summed E-state index contributed by atoms with van der Waals surface area (Å²) in [6.07, 6.45) is 5.60. The maximum Gasteiger partial charge on any atom is 0.314 e. The van der Waals surface area contributed by atoms with Crippen LogP contribution in [0, 0.1) is 16.2 Å². The van der Waals surface area contributed by atoms with Crippen molar-refractivity contribution in [3.8, 4) is 0 Å². The van der Waals surface area contributed by atoms with E-state index in [2.05, 4.69) is 62.2 Å². The molecule has 0 radical (unpaired) electrons. The van der Waals surface area contributed by atoms with Gasteiger partial charge in [0.05, 0.1) is 18.1 Å². The number of rotatable bonds is 9. The molecule has 0 amide bonds. The quantitative estimate of drug-likeness (QED) is 0.338. The molecule has 0 atom stereocenters. The number of aliphatic hydroxyl groups excluding tert-OH is 1. The van der Waals surface area contributed by atoms with Crippen LogP contribution in [0.25, 0.3) is 0 Å². The van der Waals surface area contributed by atoms with E-state index < -0.39 is 11.4 Å². The molecule has 38 heavy (non-hydrogen) atoms. The van der Waals surface area contributed by atoms with Gasteiger partial charge in [0.25, 0.3) is 0 Å². The number of ether oxygens (including phenoxy) is 1. The molecule has 0 fully saturated rings. The molecule has 0 aliphatic carbocycles. The zero-order valence-corrected chi connectivity index (χ0v) is 25.7. The van der Waals surface area contributed by atoms with Crippen LogP contribution in [0.3, 0.4) is 0 Å². The van der Waals surface area contributed by atoms with E-state index in [1.165, 1.54) is 0 Å². The van der Waals surface area contributed by atoms with E-state index in [-0.39, 0.29) is 34.6 Å². The molecule has 1 aromatic rings. The number of nitrogens with zero attached hydrogens (tertiary/aromatic N) is 3. The number of hydrogen-bond acceptors (Lipinski definition) is 8. The molecule has 1 aliphatic rings. The topological polar surface area (TPSA) is 155 Å². The molecule has 0 spiro atoms. The molecule has 3 N–H and O–H groups in total. The van der Waals surface area contributed by atoms with Gasteiger partial charge in [-0.1, -0.05) is 74.5 Å². The van der Waals surface area contributed by atoms with Gasteiger partial charge >= 0.3 is 11.9 Å². The molecule has 0 saturated carbocycles. The Hall–Kier alpha value is -2.62. The van der Waals surface area contributed by atoms with Crippen LogP contribution in [-0.4, -0.2) is 55.2 Å². The van der Waals surface area contributed by atoms with Gasteiger partial charge in [-0.05, 0) is 50.5 Å². The highest BCUT2D eigenvalue weighted by atomic mass is 16.5. The predicted octanol–water partition coefficient (Wildman–Crippen LogP) is 5.63. The third-order valence-electron chi connectivity index (χ3n) is 7.50. The third kappa shape index (κ3) is 13.3. The Kier molecular flexibility index (Phi) is 16.2. The van der Waals surface area contributed by atoms with Gasteiger partial charge in [-0.25, -0.2) is 0 Å². The summed E-state index contributed by atoms with van der Waals surface area (Å²) in [6.45, 7) is 23.3. The fraction of sp³-hybridized carbons (Fsp3) is 0.786. The van der Waals surface area contributed by atoms with E-state index in [1.54, 1.807) is 20.1 Å². The summed E-state index contributed by atoms with van der Waals surface area (Å²) in [6, 6.07) is 0. The lowest BCUT2D eigenvalue weighted by atomic mass is 9.81. The van der Waals surface area contributed by atoms with Crippen molar-refractivity contribution < 1.29 is 29.3 Å². The van der Waals surface area contributed by atoms with Crippen molar-refractivity contribution in [1.82, 2.24) is 20.6 Å². The number of ketones is 1. The summed E-state index contributed by atoms with van der Waals surface area (Å²) in [5, 5.41) is 30.7. The van der Waals surface area contributed by atoms with Crippen LogP contribution in [0.5, 0.6) is 0 Å². The number of tetrazole rings is 1. The fourth-order valence-corrected chi connectivity index (χ4v) is 2.17. The molecule has 220 valence electrons. The first-order valence-electron chi connectivity index (χ1n) is 13.3. The van der Waals surface area contributed by atoms with Gasteiger partial charge < -0.3 is 14.9 Å². The minimum absolute atomic E-state index is 0.0486. The maximum atomic E-state index is 10.8. The molecule has 0 saturated heterocycles. The number of carboxylic acid groups (broad SMARTS) is 1. The zero-order chi connectivity index (χ0) is 30.4. The molecule has 0 unspecified atom stereocenters. The maximum absolute atomic E-state index is 10.8. The van der Waals surface area contributed by atoms with Crippen LogP contribution in [-0.2, 0) is 24.5 Å². The summed E-state index contributed by atoms with van der Waals surface area (Å²) in [5.41, 5.74) is 0.401. The summed E-state index contributed by atoms with van der Waals surface area (Å²) in [4.78, 5) is 31.8. The second kappa shape index (κ2) is 16.4. The first kappa shape index (κ1) is 37.5. The number of carboxylic acids is 1. The second-order valence-electron chi connectivity index (χ2n) is 11.9. The first-order chi connectivity index (χ1) is 17.3. The summed E-state index contributed by atoms with van der Waals surface area (Å²) in [7, 11) is 0. The van der Waals surface area contributed by atoms with Crippen LogP contribution < -0.4 is 0 Å². The fourth-order valence-electron chi connectivity index (χ4n) is 2.17. The van der Waals surface area contributed by atoms with E-state index in [9.17, 15) is 14.4 Å². The van der Waals surface area contributed by atoms with Crippen molar-refractivity contribution in [3.05, 3.63) is 17.7 Å². The molecule has 0 bridgehead atoms. The summed E-state index contributed by atoms with van der Waals surface area (Å²) in [5.74, 6) is -0.137. The Morgan fingerprint density at radius 3 is 1.63 bits per heavy atom. The van der Waals surface area contributed by atoms with Crippen LogP contribution in [0.1, 0.15) is 121 Å². The van der Waals surface area contributed by atoms with Crippen LogP contribution in [0.2, 0.25) is 0 Å². The number of carbonyl (C=O) groups is 3. The van der Waals surface area contributed by atoms with Gasteiger partial charge in [0.2, 0.25) is 0 Å². The van der Waals surface area contributed by atoms with E-state index in [4.69, 9.17) is 14.9 Å². The lowest BCUT2D eigenvalue weighted by Gasteiger charge is -2.22. The number of carbonyl (C=O) groups excluding carboxylic acids is 2. The number of H-pyrrole nitrogens is 1. The Morgan fingerprint density at radius 2 is 1.39 bits per heavy atom. The van der Waals surface area contributed by atoms with Crippen molar-refractivity contribution in [1.29, 1.82) is 0 Å².